The highest BCUT2D eigenvalue weighted by Crippen LogP contribution is 2.66. The summed E-state index contributed by atoms with van der Waals surface area (Å²) < 4.78 is 0. The Morgan fingerprint density at radius 2 is 0.784 bits per heavy atom. The topological polar surface area (TPSA) is 0 Å². The van der Waals surface area contributed by atoms with Crippen LogP contribution in [0.4, 0.5) is 0 Å². The molecule has 0 aromatic heterocycles. The van der Waals surface area contributed by atoms with Crippen molar-refractivity contribution in [2.45, 2.75) is 20.3 Å². The standard InChI is InChI=1S/C88H56/c1-51-75(69-47-63-31-15-27-55-28-16-32-64(48-69)79(55)63)76(70-49-65-33-17-29-56-30-18-34-66(50-70)80(56)65)52(2)78-77(51)85(83-71-35-11-7-23-59(71)45-60-24-8-12-36-72(60)83)88-82(68-42-40-54-20-4-6-22-58(54)44-68)81(67-41-39-53-19-3-5-21-57(53)43-67)87(86(78)88)84-73-37-13-9-25-61(73)46-62-26-10-14-38-74(62)84/h3-27,29-50,80H,28H2,1-2H3. The van der Waals surface area contributed by atoms with Crippen molar-refractivity contribution in [3.63, 3.8) is 0 Å². The molecule has 0 amide bonds. The third-order valence-corrected chi connectivity index (χ3v) is 20.2. The minimum absolute atomic E-state index is 0.202. The van der Waals surface area contributed by atoms with Gasteiger partial charge in [0.25, 0.3) is 0 Å². The van der Waals surface area contributed by atoms with Gasteiger partial charge in [-0.2, -0.15) is 0 Å². The highest BCUT2D eigenvalue weighted by atomic mass is 14.5. The van der Waals surface area contributed by atoms with Gasteiger partial charge in [0.05, 0.1) is 0 Å². The van der Waals surface area contributed by atoms with E-state index in [1.165, 1.54) is 203 Å². The van der Waals surface area contributed by atoms with Crippen LogP contribution >= 0.6 is 0 Å². The highest BCUT2D eigenvalue weighted by molar-refractivity contribution is 6.43. The summed E-state index contributed by atoms with van der Waals surface area (Å²) in [5.41, 5.74) is 29.5. The molecule has 408 valence electrons. The Balaban J connectivity index is 1.07. The van der Waals surface area contributed by atoms with Crippen LogP contribution < -0.4 is 0 Å². The van der Waals surface area contributed by atoms with Crippen LogP contribution in [0.25, 0.3) is 126 Å². The molecule has 13 aromatic rings. The van der Waals surface area contributed by atoms with E-state index < -0.39 is 0 Å². The summed E-state index contributed by atoms with van der Waals surface area (Å²) in [7, 11) is 0. The Kier molecular flexibility index (Phi) is 10.5. The van der Waals surface area contributed by atoms with E-state index >= 15 is 0 Å². The number of rotatable bonds is 6. The van der Waals surface area contributed by atoms with Crippen LogP contribution in [0.15, 0.2) is 301 Å². The van der Waals surface area contributed by atoms with Crippen LogP contribution in [-0.4, -0.2) is 0 Å². The van der Waals surface area contributed by atoms with Gasteiger partial charge in [0.2, 0.25) is 0 Å². The van der Waals surface area contributed by atoms with Crippen molar-refractivity contribution in [2.75, 3.05) is 0 Å². The molecule has 0 heterocycles. The van der Waals surface area contributed by atoms with E-state index in [2.05, 4.69) is 299 Å². The molecule has 13 aromatic carbocycles. The van der Waals surface area contributed by atoms with E-state index in [-0.39, 0.29) is 5.92 Å². The van der Waals surface area contributed by atoms with Crippen molar-refractivity contribution in [3.8, 4) is 11.1 Å². The van der Waals surface area contributed by atoms with Gasteiger partial charge < -0.3 is 0 Å². The largest absolute Gasteiger partial charge is 0.0795 e. The molecule has 0 nitrogen and oxygen atoms in total. The monoisotopic (exact) mass is 1110 g/mol. The second-order valence-electron chi connectivity index (χ2n) is 24.9. The lowest BCUT2D eigenvalue weighted by Gasteiger charge is -2.32. The number of allylic oxidation sites excluding steroid dienone is 18. The van der Waals surface area contributed by atoms with Crippen LogP contribution in [0.5, 0.6) is 0 Å². The molecule has 0 fully saturated rings. The third kappa shape index (κ3) is 7.09. The van der Waals surface area contributed by atoms with E-state index in [1.54, 1.807) is 0 Å². The Hall–Kier alpha value is -10.9. The van der Waals surface area contributed by atoms with Crippen LogP contribution in [0.2, 0.25) is 0 Å². The van der Waals surface area contributed by atoms with Gasteiger partial charge in [-0.05, 0) is 260 Å². The van der Waals surface area contributed by atoms with Gasteiger partial charge in [-0.25, -0.2) is 0 Å². The molecule has 6 aliphatic rings. The molecule has 0 saturated heterocycles. The van der Waals surface area contributed by atoms with Gasteiger partial charge in [0.1, 0.15) is 0 Å². The fourth-order valence-corrected chi connectivity index (χ4v) is 16.6. The van der Waals surface area contributed by atoms with Gasteiger partial charge in [0, 0.05) is 5.92 Å². The molecule has 0 bridgehead atoms. The maximum atomic E-state index is 2.54. The van der Waals surface area contributed by atoms with Crippen LogP contribution in [0.3, 0.4) is 0 Å². The average molecular weight is 1110 g/mol. The van der Waals surface area contributed by atoms with Gasteiger partial charge in [-0.15, -0.1) is 0 Å². The highest BCUT2D eigenvalue weighted by Gasteiger charge is 2.45. The molecule has 0 radical (unpaired) electrons. The van der Waals surface area contributed by atoms with E-state index in [0.717, 1.165) is 6.42 Å². The summed E-state index contributed by atoms with van der Waals surface area (Å²) in [4.78, 5) is 0. The number of fused-ring (bicyclic) bond motifs is 9. The summed E-state index contributed by atoms with van der Waals surface area (Å²) in [5, 5.41) is 17.4. The molecule has 6 aliphatic carbocycles. The smallest absolute Gasteiger partial charge is 0.0340 e. The zero-order chi connectivity index (χ0) is 57.9. The predicted octanol–water partition coefficient (Wildman–Crippen LogP) is 22.9. The normalized spacial score (nSPS) is 16.4. The Morgan fingerprint density at radius 1 is 0.307 bits per heavy atom. The number of benzene rings is 13. The van der Waals surface area contributed by atoms with Gasteiger partial charge >= 0.3 is 0 Å². The minimum Gasteiger partial charge on any atom is -0.0795 e. The van der Waals surface area contributed by atoms with Crippen molar-refractivity contribution in [2.24, 2.45) is 5.92 Å². The summed E-state index contributed by atoms with van der Waals surface area (Å²) in [6.07, 6.45) is 24.6. The first kappa shape index (κ1) is 49.4. The first-order valence-corrected chi connectivity index (χ1v) is 31.1. The third-order valence-electron chi connectivity index (χ3n) is 20.2. The second-order valence-corrected chi connectivity index (χ2v) is 24.9. The molecule has 19 rings (SSSR count). The lowest BCUT2D eigenvalue weighted by molar-refractivity contribution is 0.880. The zero-order valence-corrected chi connectivity index (χ0v) is 48.9. The first-order valence-electron chi connectivity index (χ1n) is 31.1. The predicted molar refractivity (Wildman–Crippen MR) is 376 cm³/mol. The Morgan fingerprint density at radius 3 is 1.40 bits per heavy atom. The van der Waals surface area contributed by atoms with E-state index in [9.17, 15) is 0 Å². The molecular formula is C88H56. The lowest BCUT2D eigenvalue weighted by Crippen LogP contribution is -2.16. The molecule has 88 heavy (non-hydrogen) atoms. The maximum absolute atomic E-state index is 2.54. The van der Waals surface area contributed by atoms with E-state index in [0.29, 0.717) is 0 Å². The van der Waals surface area contributed by atoms with Crippen molar-refractivity contribution < 1.29 is 0 Å². The number of hydrogen-bond acceptors (Lipinski definition) is 0. The summed E-state index contributed by atoms with van der Waals surface area (Å²) in [5.74, 6) is 0.202. The molecule has 0 spiro atoms. The average Bonchev–Trinajstić information content (AvgIpc) is 1.50. The first-order chi connectivity index (χ1) is 43.5. The molecule has 1 atom stereocenters. The van der Waals surface area contributed by atoms with Crippen LogP contribution in [0, 0.1) is 19.8 Å². The van der Waals surface area contributed by atoms with E-state index in [1.807, 2.05) is 0 Å². The Labute approximate surface area is 511 Å². The van der Waals surface area contributed by atoms with E-state index in [4.69, 9.17) is 0 Å². The fourth-order valence-electron chi connectivity index (χ4n) is 16.6. The molecule has 1 unspecified atom stereocenters. The molecule has 0 heteroatoms. The molecular weight excluding hydrogens is 1060 g/mol. The maximum Gasteiger partial charge on any atom is 0.0340 e. The minimum atomic E-state index is 0.202. The van der Waals surface area contributed by atoms with Crippen molar-refractivity contribution >= 4 is 115 Å². The summed E-state index contributed by atoms with van der Waals surface area (Å²) >= 11 is 0. The fraction of sp³-hybridized carbons (Fsp3) is 0.0455. The summed E-state index contributed by atoms with van der Waals surface area (Å²) in [6, 6.07) is 85.8. The lowest BCUT2D eigenvalue weighted by atomic mass is 9.71. The summed E-state index contributed by atoms with van der Waals surface area (Å²) in [6.45, 7) is 4.97. The molecule has 0 N–H and O–H groups in total. The van der Waals surface area contributed by atoms with Gasteiger partial charge in [-0.3, -0.25) is 0 Å². The van der Waals surface area contributed by atoms with Crippen LogP contribution in [0.1, 0.15) is 61.2 Å². The SMILES string of the molecule is Cc1c2c(c(C)c(-c3cc4c5c(cccc5c3)CC=C4)c1C1=CC3=CC=CC4=CC=CC(=C1)C43)C(c1c3ccccc3cc3ccccc13)=C1C(c3ccc4ccccc4c3)=C(c3ccc4ccccc4c3)C(c3c4ccccc4cc4ccccc34)=C12. The van der Waals surface area contributed by atoms with Gasteiger partial charge in [0.15, 0.2) is 0 Å². The Bertz CT molecular complexity index is 5650. The van der Waals surface area contributed by atoms with Crippen LogP contribution in [-0.2, 0) is 6.42 Å². The van der Waals surface area contributed by atoms with Crippen molar-refractivity contribution in [1.29, 1.82) is 0 Å². The quantitative estimate of drug-likeness (QED) is 0.146. The number of hydrogen-bond donors (Lipinski definition) is 0. The van der Waals surface area contributed by atoms with Crippen molar-refractivity contribution in [1.82, 2.24) is 0 Å². The zero-order valence-electron chi connectivity index (χ0n) is 48.9. The van der Waals surface area contributed by atoms with Crippen molar-refractivity contribution in [3.05, 3.63) is 363 Å². The molecule has 0 saturated carbocycles. The second kappa shape index (κ2) is 18.8. The molecule has 0 aliphatic heterocycles. The van der Waals surface area contributed by atoms with Gasteiger partial charge in [-0.1, -0.05) is 249 Å².